The van der Waals surface area contributed by atoms with Crippen LogP contribution in [0.15, 0.2) is 16.5 Å². The summed E-state index contributed by atoms with van der Waals surface area (Å²) in [6.07, 6.45) is 0. The molecule has 0 amide bonds. The van der Waals surface area contributed by atoms with Crippen molar-refractivity contribution in [3.63, 3.8) is 0 Å². The van der Waals surface area contributed by atoms with Crippen molar-refractivity contribution in [3.05, 3.63) is 21.8 Å². The zero-order chi connectivity index (χ0) is 8.15. The molecule has 10 heavy (non-hydrogen) atoms. The Morgan fingerprint density at radius 2 is 2.10 bits per heavy atom. The normalized spacial score (nSPS) is 11.6. The first-order valence-electron chi connectivity index (χ1n) is 2.96. The van der Waals surface area contributed by atoms with Crippen LogP contribution in [0.1, 0.15) is 20.8 Å². The standard InChI is InChI=1S/C6H10FN3/c1-4(2)6(7)5(3)9-10-8/h5H,1-3H3/t5-/m0/s1. The van der Waals surface area contributed by atoms with Crippen LogP contribution in [0.5, 0.6) is 0 Å². The molecule has 0 aliphatic carbocycles. The van der Waals surface area contributed by atoms with Gasteiger partial charge in [0.15, 0.2) is 0 Å². The van der Waals surface area contributed by atoms with Crippen molar-refractivity contribution in [3.8, 4) is 0 Å². The molecule has 3 nitrogen and oxygen atoms in total. The summed E-state index contributed by atoms with van der Waals surface area (Å²) in [7, 11) is 0. The molecule has 0 spiro atoms. The third-order valence-corrected chi connectivity index (χ3v) is 1.07. The highest BCUT2D eigenvalue weighted by Gasteiger charge is 2.05. The van der Waals surface area contributed by atoms with Crippen molar-refractivity contribution in [2.45, 2.75) is 26.8 Å². The number of azide groups is 1. The van der Waals surface area contributed by atoms with Gasteiger partial charge in [-0.05, 0) is 25.0 Å². The SMILES string of the molecule is CC(C)=C(F)[C@H](C)N=[N+]=[N-]. The van der Waals surface area contributed by atoms with E-state index in [-0.39, 0.29) is 5.83 Å². The van der Waals surface area contributed by atoms with Crippen LogP contribution in [0.25, 0.3) is 10.4 Å². The van der Waals surface area contributed by atoms with E-state index >= 15 is 0 Å². The number of allylic oxidation sites excluding steroid dienone is 1. The minimum absolute atomic E-state index is 0.349. The van der Waals surface area contributed by atoms with Gasteiger partial charge in [-0.3, -0.25) is 0 Å². The summed E-state index contributed by atoms with van der Waals surface area (Å²) < 4.78 is 12.7. The minimum atomic E-state index is -0.671. The predicted octanol–water partition coefficient (Wildman–Crippen LogP) is 2.95. The van der Waals surface area contributed by atoms with Gasteiger partial charge in [0, 0.05) is 4.91 Å². The maximum absolute atomic E-state index is 12.7. The van der Waals surface area contributed by atoms with Crippen molar-refractivity contribution in [2.75, 3.05) is 0 Å². The van der Waals surface area contributed by atoms with Gasteiger partial charge in [-0.25, -0.2) is 4.39 Å². The van der Waals surface area contributed by atoms with Crippen LogP contribution in [0.4, 0.5) is 4.39 Å². The first-order valence-corrected chi connectivity index (χ1v) is 2.96. The molecule has 0 aliphatic heterocycles. The van der Waals surface area contributed by atoms with Gasteiger partial charge in [-0.2, -0.15) is 0 Å². The molecule has 0 aliphatic rings. The van der Waals surface area contributed by atoms with Crippen molar-refractivity contribution >= 4 is 0 Å². The van der Waals surface area contributed by atoms with E-state index in [0.717, 1.165) is 0 Å². The van der Waals surface area contributed by atoms with E-state index < -0.39 is 6.04 Å². The van der Waals surface area contributed by atoms with E-state index in [1.807, 2.05) is 0 Å². The molecule has 4 heteroatoms. The number of rotatable bonds is 2. The molecule has 0 N–H and O–H groups in total. The molecule has 1 atom stereocenters. The summed E-state index contributed by atoms with van der Waals surface area (Å²) in [5.41, 5.74) is 8.49. The molecule has 0 heterocycles. The summed E-state index contributed by atoms with van der Waals surface area (Å²) in [4.78, 5) is 2.49. The fraction of sp³-hybridized carbons (Fsp3) is 0.667. The average Bonchev–Trinajstić information content (AvgIpc) is 1.87. The highest BCUT2D eigenvalue weighted by Crippen LogP contribution is 2.12. The Morgan fingerprint density at radius 3 is 2.40 bits per heavy atom. The fourth-order valence-electron chi connectivity index (χ4n) is 0.546. The smallest absolute Gasteiger partial charge is 0.107 e. The monoisotopic (exact) mass is 143 g/mol. The highest BCUT2D eigenvalue weighted by molar-refractivity contribution is 5.07. The molecule has 0 saturated heterocycles. The topological polar surface area (TPSA) is 48.8 Å². The van der Waals surface area contributed by atoms with Crippen LogP contribution in [-0.2, 0) is 0 Å². The van der Waals surface area contributed by atoms with Crippen molar-refractivity contribution < 1.29 is 4.39 Å². The lowest BCUT2D eigenvalue weighted by molar-refractivity contribution is 0.548. The Morgan fingerprint density at radius 1 is 1.60 bits per heavy atom. The van der Waals surface area contributed by atoms with E-state index in [1.54, 1.807) is 13.8 Å². The van der Waals surface area contributed by atoms with Gasteiger partial charge in [0.1, 0.15) is 5.83 Å². The minimum Gasteiger partial charge on any atom is -0.211 e. The molecule has 0 unspecified atom stereocenters. The lowest BCUT2D eigenvalue weighted by Crippen LogP contribution is -1.97. The molecular weight excluding hydrogens is 133 g/mol. The largest absolute Gasteiger partial charge is 0.211 e. The fourth-order valence-corrected chi connectivity index (χ4v) is 0.546. The van der Waals surface area contributed by atoms with Crippen molar-refractivity contribution in [1.29, 1.82) is 0 Å². The number of hydrogen-bond donors (Lipinski definition) is 0. The second-order valence-electron chi connectivity index (χ2n) is 2.23. The van der Waals surface area contributed by atoms with Crippen LogP contribution < -0.4 is 0 Å². The number of nitrogens with zero attached hydrogens (tertiary/aromatic N) is 3. The Hall–Kier alpha value is -1.02. The lowest BCUT2D eigenvalue weighted by Gasteiger charge is -2.01. The van der Waals surface area contributed by atoms with Crippen LogP contribution in [-0.4, -0.2) is 6.04 Å². The molecule has 0 aromatic rings. The summed E-state index contributed by atoms with van der Waals surface area (Å²) in [6, 6.07) is -0.671. The van der Waals surface area contributed by atoms with E-state index in [0.29, 0.717) is 5.57 Å². The Balaban J connectivity index is 4.36. The molecule has 0 aromatic carbocycles. The zero-order valence-electron chi connectivity index (χ0n) is 6.30. The molecular formula is C6H10FN3. The van der Waals surface area contributed by atoms with Gasteiger partial charge in [0.2, 0.25) is 0 Å². The first-order chi connectivity index (χ1) is 4.59. The molecule has 0 radical (unpaired) electrons. The average molecular weight is 143 g/mol. The quantitative estimate of drug-likeness (QED) is 0.324. The Bertz CT molecular complexity index is 187. The number of hydrogen-bond acceptors (Lipinski definition) is 1. The maximum Gasteiger partial charge on any atom is 0.107 e. The molecule has 56 valence electrons. The highest BCUT2D eigenvalue weighted by atomic mass is 19.1. The lowest BCUT2D eigenvalue weighted by atomic mass is 10.2. The van der Waals surface area contributed by atoms with Crippen molar-refractivity contribution in [1.82, 2.24) is 0 Å². The summed E-state index contributed by atoms with van der Waals surface area (Å²) in [5, 5.41) is 3.19. The Labute approximate surface area is 59.2 Å². The van der Waals surface area contributed by atoms with Gasteiger partial charge >= 0.3 is 0 Å². The number of halogens is 1. The molecule has 0 bridgehead atoms. The van der Waals surface area contributed by atoms with Gasteiger partial charge in [0.05, 0.1) is 6.04 Å². The van der Waals surface area contributed by atoms with Gasteiger partial charge < -0.3 is 0 Å². The van der Waals surface area contributed by atoms with Crippen molar-refractivity contribution in [2.24, 2.45) is 5.11 Å². The third-order valence-electron chi connectivity index (χ3n) is 1.07. The second-order valence-corrected chi connectivity index (χ2v) is 2.23. The van der Waals surface area contributed by atoms with Gasteiger partial charge in [-0.15, -0.1) is 0 Å². The van der Waals surface area contributed by atoms with Crippen LogP contribution in [0.2, 0.25) is 0 Å². The molecule has 0 rings (SSSR count). The van der Waals surface area contributed by atoms with Gasteiger partial charge in [-0.1, -0.05) is 12.0 Å². The summed E-state index contributed by atoms with van der Waals surface area (Å²) in [6.45, 7) is 4.79. The van der Waals surface area contributed by atoms with Crippen LogP contribution in [0.3, 0.4) is 0 Å². The van der Waals surface area contributed by atoms with E-state index in [9.17, 15) is 4.39 Å². The van der Waals surface area contributed by atoms with E-state index in [4.69, 9.17) is 5.53 Å². The summed E-state index contributed by atoms with van der Waals surface area (Å²) >= 11 is 0. The summed E-state index contributed by atoms with van der Waals surface area (Å²) in [5.74, 6) is -0.349. The molecule has 0 fully saturated rings. The Kier molecular flexibility index (Phi) is 3.51. The van der Waals surface area contributed by atoms with E-state index in [2.05, 4.69) is 10.0 Å². The third kappa shape index (κ3) is 2.51. The predicted molar refractivity (Wildman–Crippen MR) is 38.1 cm³/mol. The molecule has 0 saturated carbocycles. The molecule has 0 aromatic heterocycles. The zero-order valence-corrected chi connectivity index (χ0v) is 6.30. The van der Waals surface area contributed by atoms with E-state index in [1.165, 1.54) is 6.92 Å². The van der Waals surface area contributed by atoms with Gasteiger partial charge in [0.25, 0.3) is 0 Å². The van der Waals surface area contributed by atoms with Crippen LogP contribution >= 0.6 is 0 Å². The van der Waals surface area contributed by atoms with Crippen LogP contribution in [0, 0.1) is 0 Å². The first kappa shape index (κ1) is 8.98. The maximum atomic E-state index is 12.7. The second kappa shape index (κ2) is 3.90.